The Morgan fingerprint density at radius 2 is 1.97 bits per heavy atom. The molecule has 182 valence electrons. The molecule has 8 heteroatoms. The maximum Gasteiger partial charge on any atom is 0.422 e. The second kappa shape index (κ2) is 10.5. The van der Waals surface area contributed by atoms with E-state index in [4.69, 9.17) is 9.15 Å². The summed E-state index contributed by atoms with van der Waals surface area (Å²) in [6.45, 7) is 9.14. The molecule has 0 aliphatic rings. The van der Waals surface area contributed by atoms with Crippen molar-refractivity contribution in [1.29, 1.82) is 0 Å². The van der Waals surface area contributed by atoms with Crippen molar-refractivity contribution in [1.82, 2.24) is 9.29 Å². The van der Waals surface area contributed by atoms with Gasteiger partial charge in [0.2, 0.25) is 5.89 Å². The molecule has 1 amide bonds. The first-order valence-corrected chi connectivity index (χ1v) is 12.7. The molecule has 1 heterocycles. The van der Waals surface area contributed by atoms with Crippen molar-refractivity contribution in [3.63, 3.8) is 0 Å². The van der Waals surface area contributed by atoms with Gasteiger partial charge >= 0.3 is 6.09 Å². The summed E-state index contributed by atoms with van der Waals surface area (Å²) in [7, 11) is -1.62. The predicted octanol–water partition coefficient (Wildman–Crippen LogP) is 6.54. The molecule has 1 atom stereocenters. The Hall–Kier alpha value is -3.00. The number of oxazole rings is 1. The first-order chi connectivity index (χ1) is 16.0. The van der Waals surface area contributed by atoms with Crippen LogP contribution in [0.25, 0.3) is 16.7 Å². The van der Waals surface area contributed by atoms with Gasteiger partial charge < -0.3 is 9.15 Å². The first-order valence-electron chi connectivity index (χ1n) is 11.2. The van der Waals surface area contributed by atoms with E-state index < -0.39 is 22.7 Å². The van der Waals surface area contributed by atoms with Gasteiger partial charge in [-0.1, -0.05) is 31.6 Å². The van der Waals surface area contributed by atoms with Gasteiger partial charge in [0.25, 0.3) is 0 Å². The lowest BCUT2D eigenvalue weighted by atomic mass is 9.93. The number of rotatable bonds is 7. The minimum Gasteiger partial charge on any atom is -0.443 e. The zero-order valence-electron chi connectivity index (χ0n) is 20.5. The second-order valence-corrected chi connectivity index (χ2v) is 10.4. The zero-order valence-corrected chi connectivity index (χ0v) is 21.3. The van der Waals surface area contributed by atoms with E-state index in [0.717, 1.165) is 39.4 Å². The van der Waals surface area contributed by atoms with E-state index in [0.29, 0.717) is 11.1 Å². The summed E-state index contributed by atoms with van der Waals surface area (Å²) in [4.78, 5) is 16.9. The largest absolute Gasteiger partial charge is 0.443 e. The van der Waals surface area contributed by atoms with E-state index in [2.05, 4.69) is 18.0 Å². The van der Waals surface area contributed by atoms with Crippen LogP contribution in [0.1, 0.15) is 63.1 Å². The van der Waals surface area contributed by atoms with E-state index in [1.165, 1.54) is 18.4 Å². The van der Waals surface area contributed by atoms with Crippen molar-refractivity contribution in [2.45, 2.75) is 59.6 Å². The van der Waals surface area contributed by atoms with Gasteiger partial charge in [0.1, 0.15) is 34.5 Å². The average Bonchev–Trinajstić information content (AvgIpc) is 3.14. The van der Waals surface area contributed by atoms with Gasteiger partial charge in [-0.05, 0) is 80.6 Å². The molecule has 0 radical (unpaired) electrons. The van der Waals surface area contributed by atoms with Crippen LogP contribution >= 0.6 is 0 Å². The molecule has 3 aromatic rings. The monoisotopic (exact) mass is 486 g/mol. The Balaban J connectivity index is 1.95. The van der Waals surface area contributed by atoms with E-state index >= 15 is 0 Å². The second-order valence-electron chi connectivity index (χ2n) is 9.10. The zero-order chi connectivity index (χ0) is 25.0. The van der Waals surface area contributed by atoms with Gasteiger partial charge in [0.15, 0.2) is 5.58 Å². The number of hydrogen-bond acceptors (Lipinski definition) is 5. The summed E-state index contributed by atoms with van der Waals surface area (Å²) >= 11 is 0. The maximum atomic E-state index is 13.7. The highest BCUT2D eigenvalue weighted by molar-refractivity contribution is 7.82. The van der Waals surface area contributed by atoms with Crippen molar-refractivity contribution >= 4 is 33.8 Å². The third kappa shape index (κ3) is 6.32. The van der Waals surface area contributed by atoms with E-state index in [1.54, 1.807) is 26.8 Å². The molecule has 1 aromatic heterocycles. The molecule has 0 fully saturated rings. The number of carbonyl (C=O) groups is 1. The number of aryl methyl sites for hydroxylation is 1. The minimum atomic E-state index is -1.62. The minimum absolute atomic E-state index is 0.0857. The number of ether oxygens (including phenoxy) is 1. The molecule has 0 aliphatic heterocycles. The molecular weight excluding hydrogens is 455 g/mol. The van der Waals surface area contributed by atoms with Crippen LogP contribution in [-0.2, 0) is 22.3 Å². The van der Waals surface area contributed by atoms with Crippen molar-refractivity contribution < 1.29 is 22.5 Å². The Labute approximate surface area is 202 Å². The molecule has 0 N–H and O–H groups in total. The Morgan fingerprint density at radius 3 is 2.59 bits per heavy atom. The number of amides is 1. The highest BCUT2D eigenvalue weighted by Gasteiger charge is 2.26. The van der Waals surface area contributed by atoms with Gasteiger partial charge in [0.05, 0.1) is 0 Å². The number of aromatic nitrogens is 1. The lowest BCUT2D eigenvalue weighted by Crippen LogP contribution is -2.37. The molecule has 34 heavy (non-hydrogen) atoms. The van der Waals surface area contributed by atoms with E-state index in [-0.39, 0.29) is 18.3 Å². The molecule has 0 saturated carbocycles. The summed E-state index contributed by atoms with van der Waals surface area (Å²) in [6, 6.07) is 10.5. The summed E-state index contributed by atoms with van der Waals surface area (Å²) in [5.41, 5.74) is 4.15. The summed E-state index contributed by atoms with van der Waals surface area (Å²) < 4.78 is 38.2. The summed E-state index contributed by atoms with van der Waals surface area (Å²) in [5.74, 6) is -0.0143. The molecule has 0 spiro atoms. The number of halogens is 1. The van der Waals surface area contributed by atoms with Gasteiger partial charge in [-0.25, -0.2) is 22.7 Å². The van der Waals surface area contributed by atoms with Crippen LogP contribution in [0.5, 0.6) is 0 Å². The Bertz CT molecular complexity index is 1240. The summed E-state index contributed by atoms with van der Waals surface area (Å²) in [5, 5.41) is 0. The number of nitrogens with zero attached hydrogens (tertiary/aromatic N) is 2. The number of carbonyl (C=O) groups excluding carboxylic acids is 1. The van der Waals surface area contributed by atoms with Crippen LogP contribution in [0, 0.1) is 12.7 Å². The molecule has 0 saturated heterocycles. The number of unbranched alkanes of at least 4 members (excludes halogenated alkanes) is 1. The molecule has 3 rings (SSSR count). The highest BCUT2D eigenvalue weighted by Crippen LogP contribution is 2.30. The fourth-order valence-electron chi connectivity index (χ4n) is 3.50. The number of fused-ring (bicyclic) bond motifs is 1. The molecule has 0 bridgehead atoms. The first kappa shape index (κ1) is 25.6. The van der Waals surface area contributed by atoms with Crippen LogP contribution in [-0.4, -0.2) is 31.4 Å². The van der Waals surface area contributed by atoms with Gasteiger partial charge in [-0.2, -0.15) is 0 Å². The highest BCUT2D eigenvalue weighted by atomic mass is 32.2. The van der Waals surface area contributed by atoms with Crippen molar-refractivity contribution in [2.75, 3.05) is 6.26 Å². The number of allylic oxidation sites excluding steroid dienone is 1. The third-order valence-corrected chi connectivity index (χ3v) is 5.94. The van der Waals surface area contributed by atoms with E-state index in [1.807, 2.05) is 25.1 Å². The topological polar surface area (TPSA) is 72.6 Å². The number of hydrogen-bond donors (Lipinski definition) is 0. The van der Waals surface area contributed by atoms with Gasteiger partial charge in [-0.15, -0.1) is 0 Å². The Kier molecular flexibility index (Phi) is 7.92. The smallest absolute Gasteiger partial charge is 0.422 e. The SMILES string of the molecule is CCCC=C(c1ccc2nc(CN(C(=O)OC(C)(C)C)S(C)=O)oc2c1)c1ccc(F)cc1C. The van der Waals surface area contributed by atoms with Crippen LogP contribution in [0.15, 0.2) is 46.9 Å². The molecule has 0 aliphatic carbocycles. The van der Waals surface area contributed by atoms with E-state index in [9.17, 15) is 13.4 Å². The van der Waals surface area contributed by atoms with Crippen molar-refractivity contribution in [3.05, 3.63) is 70.9 Å². The van der Waals surface area contributed by atoms with Crippen molar-refractivity contribution in [3.8, 4) is 0 Å². The quantitative estimate of drug-likeness (QED) is 0.379. The molecular formula is C26H31FN2O4S. The fraction of sp³-hybridized carbons (Fsp3) is 0.385. The lowest BCUT2D eigenvalue weighted by Gasteiger charge is -2.24. The summed E-state index contributed by atoms with van der Waals surface area (Å²) in [6.07, 6.45) is 4.70. The lowest BCUT2D eigenvalue weighted by molar-refractivity contribution is 0.0381. The van der Waals surface area contributed by atoms with Crippen molar-refractivity contribution in [2.24, 2.45) is 0 Å². The average molecular weight is 487 g/mol. The third-order valence-electron chi connectivity index (χ3n) is 5.05. The van der Waals surface area contributed by atoms with Gasteiger partial charge in [0, 0.05) is 6.26 Å². The van der Waals surface area contributed by atoms with Crippen LogP contribution in [0.3, 0.4) is 0 Å². The molecule has 1 unspecified atom stereocenters. The molecule has 6 nitrogen and oxygen atoms in total. The van der Waals surface area contributed by atoms with Gasteiger partial charge in [-0.3, -0.25) is 0 Å². The maximum absolute atomic E-state index is 13.7. The Morgan fingerprint density at radius 1 is 1.24 bits per heavy atom. The fourth-order valence-corrected chi connectivity index (χ4v) is 4.04. The molecule has 2 aromatic carbocycles. The predicted molar refractivity (Wildman–Crippen MR) is 133 cm³/mol. The van der Waals surface area contributed by atoms with Crippen LogP contribution < -0.4 is 0 Å². The van der Waals surface area contributed by atoms with Crippen LogP contribution in [0.4, 0.5) is 9.18 Å². The standard InChI is InChI=1S/C26H31FN2O4S/c1-7-8-9-21(20-12-11-19(27)14-17(20)2)18-10-13-22-23(15-18)32-24(28-22)16-29(34(6)31)25(30)33-26(3,4)5/h9-15H,7-8,16H2,1-6H3. The van der Waals surface area contributed by atoms with Crippen LogP contribution in [0.2, 0.25) is 0 Å². The normalized spacial score (nSPS) is 13.2. The number of benzene rings is 2.